The van der Waals surface area contributed by atoms with Crippen molar-refractivity contribution in [3.8, 4) is 5.88 Å². The highest BCUT2D eigenvalue weighted by Crippen LogP contribution is 2.34. The lowest BCUT2D eigenvalue weighted by atomic mass is 9.88. The van der Waals surface area contributed by atoms with Gasteiger partial charge in [0.2, 0.25) is 5.88 Å². The minimum atomic E-state index is -0.184. The van der Waals surface area contributed by atoms with Gasteiger partial charge in [-0.05, 0) is 27.2 Å². The second-order valence-corrected chi connectivity index (χ2v) is 6.73. The van der Waals surface area contributed by atoms with Gasteiger partial charge >= 0.3 is 0 Å². The minimum Gasteiger partial charge on any atom is -0.493 e. The van der Waals surface area contributed by atoms with E-state index in [1.807, 2.05) is 0 Å². The van der Waals surface area contributed by atoms with Crippen LogP contribution >= 0.6 is 0 Å². The molecule has 0 aliphatic carbocycles. The first-order valence-electron chi connectivity index (χ1n) is 6.41. The number of rotatable bonds is 2. The van der Waals surface area contributed by atoms with Gasteiger partial charge in [0, 0.05) is 11.0 Å². The third-order valence-electron chi connectivity index (χ3n) is 2.80. The predicted molar refractivity (Wildman–Crippen MR) is 71.6 cm³/mol. The van der Waals surface area contributed by atoms with E-state index in [0.717, 1.165) is 24.1 Å². The molecule has 0 aliphatic heterocycles. The second-order valence-electron chi connectivity index (χ2n) is 6.73. The Kier molecular flexibility index (Phi) is 3.60. The van der Waals surface area contributed by atoms with Gasteiger partial charge in [0.15, 0.2) is 0 Å². The van der Waals surface area contributed by atoms with Crippen molar-refractivity contribution in [2.75, 3.05) is 0 Å². The summed E-state index contributed by atoms with van der Waals surface area (Å²) in [6.45, 7) is 14.7. The van der Waals surface area contributed by atoms with Gasteiger partial charge < -0.3 is 5.11 Å². The molecule has 0 saturated carbocycles. The average Bonchev–Trinajstić information content (AvgIpc) is 2.43. The van der Waals surface area contributed by atoms with E-state index in [1.165, 1.54) is 0 Å². The molecule has 17 heavy (non-hydrogen) atoms. The maximum Gasteiger partial charge on any atom is 0.213 e. The summed E-state index contributed by atoms with van der Waals surface area (Å²) in [5, 5.41) is 15.0. The Hall–Kier alpha value is -0.990. The summed E-state index contributed by atoms with van der Waals surface area (Å²) in [5.41, 5.74) is 1.82. The Morgan fingerprint density at radius 1 is 1.12 bits per heavy atom. The molecular weight excluding hydrogens is 212 g/mol. The fourth-order valence-electron chi connectivity index (χ4n) is 1.99. The quantitative estimate of drug-likeness (QED) is 0.855. The molecule has 0 unspecified atom stereocenters. The molecule has 0 aromatic carbocycles. The van der Waals surface area contributed by atoms with E-state index < -0.39 is 0 Å². The van der Waals surface area contributed by atoms with E-state index in [4.69, 9.17) is 0 Å². The van der Waals surface area contributed by atoms with Crippen molar-refractivity contribution in [1.82, 2.24) is 9.78 Å². The SMILES string of the molecule is CCCc1c(C(C)(C)C)nn(C(C)(C)C)c1O. The zero-order valence-electron chi connectivity index (χ0n) is 12.3. The number of hydrogen-bond donors (Lipinski definition) is 1. The molecule has 1 aromatic heterocycles. The van der Waals surface area contributed by atoms with Gasteiger partial charge in [0.1, 0.15) is 0 Å². The summed E-state index contributed by atoms with van der Waals surface area (Å²) in [4.78, 5) is 0. The molecule has 1 N–H and O–H groups in total. The zero-order valence-corrected chi connectivity index (χ0v) is 12.3. The fraction of sp³-hybridized carbons (Fsp3) is 0.786. The Morgan fingerprint density at radius 2 is 1.65 bits per heavy atom. The van der Waals surface area contributed by atoms with E-state index in [0.29, 0.717) is 5.88 Å². The summed E-state index contributed by atoms with van der Waals surface area (Å²) in [7, 11) is 0. The van der Waals surface area contributed by atoms with Crippen molar-refractivity contribution in [2.45, 2.75) is 72.3 Å². The van der Waals surface area contributed by atoms with E-state index in [1.54, 1.807) is 4.68 Å². The monoisotopic (exact) mass is 238 g/mol. The summed E-state index contributed by atoms with van der Waals surface area (Å²) >= 11 is 0. The van der Waals surface area contributed by atoms with Gasteiger partial charge in [-0.15, -0.1) is 0 Å². The topological polar surface area (TPSA) is 38.0 Å². The predicted octanol–water partition coefficient (Wildman–Crippen LogP) is 3.59. The maximum atomic E-state index is 10.3. The number of hydrogen-bond acceptors (Lipinski definition) is 2. The highest BCUT2D eigenvalue weighted by atomic mass is 16.3. The molecular formula is C14H26N2O. The van der Waals surface area contributed by atoms with Crippen molar-refractivity contribution in [2.24, 2.45) is 0 Å². The molecule has 0 aliphatic rings. The highest BCUT2D eigenvalue weighted by molar-refractivity contribution is 5.35. The molecule has 0 fully saturated rings. The van der Waals surface area contributed by atoms with Gasteiger partial charge in [-0.2, -0.15) is 5.10 Å². The molecule has 0 spiro atoms. The zero-order chi connectivity index (χ0) is 13.4. The average molecular weight is 238 g/mol. The van der Waals surface area contributed by atoms with Crippen LogP contribution in [0, 0.1) is 0 Å². The van der Waals surface area contributed by atoms with Crippen LogP contribution in [0.2, 0.25) is 0 Å². The van der Waals surface area contributed by atoms with Crippen LogP contribution in [-0.2, 0) is 17.4 Å². The van der Waals surface area contributed by atoms with Crippen molar-refractivity contribution < 1.29 is 5.11 Å². The number of aromatic hydroxyl groups is 1. The van der Waals surface area contributed by atoms with Gasteiger partial charge in [0.05, 0.1) is 11.2 Å². The normalized spacial score (nSPS) is 13.1. The number of nitrogens with zero attached hydrogens (tertiary/aromatic N) is 2. The third-order valence-corrected chi connectivity index (χ3v) is 2.80. The van der Waals surface area contributed by atoms with Crippen LogP contribution in [0.4, 0.5) is 0 Å². The van der Waals surface area contributed by atoms with Crippen LogP contribution in [0.5, 0.6) is 5.88 Å². The summed E-state index contributed by atoms with van der Waals surface area (Å²) in [6.07, 6.45) is 1.90. The fourth-order valence-corrected chi connectivity index (χ4v) is 1.99. The van der Waals surface area contributed by atoms with Gasteiger partial charge in [-0.1, -0.05) is 34.1 Å². The Morgan fingerprint density at radius 3 is 2.00 bits per heavy atom. The van der Waals surface area contributed by atoms with Crippen LogP contribution in [0.15, 0.2) is 0 Å². The van der Waals surface area contributed by atoms with Crippen LogP contribution in [0.1, 0.15) is 66.1 Å². The first-order valence-corrected chi connectivity index (χ1v) is 6.41. The highest BCUT2D eigenvalue weighted by Gasteiger charge is 2.29. The van der Waals surface area contributed by atoms with Crippen molar-refractivity contribution in [3.63, 3.8) is 0 Å². The molecule has 0 radical (unpaired) electrons. The first-order chi connectivity index (χ1) is 7.59. The van der Waals surface area contributed by atoms with Crippen LogP contribution in [0.3, 0.4) is 0 Å². The Bertz CT molecular complexity index is 392. The molecule has 0 atom stereocenters. The lowest BCUT2D eigenvalue weighted by Crippen LogP contribution is -2.24. The molecule has 0 bridgehead atoms. The molecule has 1 aromatic rings. The molecule has 0 saturated heterocycles. The standard InChI is InChI=1S/C14H26N2O/c1-8-9-10-11(13(2,3)4)15-16(12(10)17)14(5,6)7/h17H,8-9H2,1-7H3. The van der Waals surface area contributed by atoms with E-state index in [9.17, 15) is 5.11 Å². The second kappa shape index (κ2) is 4.35. The molecule has 3 heteroatoms. The van der Waals surface area contributed by atoms with Gasteiger partial charge in [0.25, 0.3) is 0 Å². The van der Waals surface area contributed by atoms with Crippen molar-refractivity contribution in [1.29, 1.82) is 0 Å². The van der Waals surface area contributed by atoms with Crippen LogP contribution < -0.4 is 0 Å². The Balaban J connectivity index is 3.41. The lowest BCUT2D eigenvalue weighted by molar-refractivity contribution is 0.291. The van der Waals surface area contributed by atoms with Crippen molar-refractivity contribution in [3.05, 3.63) is 11.3 Å². The van der Waals surface area contributed by atoms with Gasteiger partial charge in [-0.3, -0.25) is 0 Å². The molecule has 1 rings (SSSR count). The van der Waals surface area contributed by atoms with E-state index >= 15 is 0 Å². The largest absolute Gasteiger partial charge is 0.493 e. The molecule has 0 amide bonds. The first kappa shape index (κ1) is 14.1. The number of aromatic nitrogens is 2. The van der Waals surface area contributed by atoms with Gasteiger partial charge in [-0.25, -0.2) is 4.68 Å². The minimum absolute atomic E-state index is 0.0293. The van der Waals surface area contributed by atoms with E-state index in [-0.39, 0.29) is 11.0 Å². The maximum absolute atomic E-state index is 10.3. The lowest BCUT2D eigenvalue weighted by Gasteiger charge is -2.20. The van der Waals surface area contributed by atoms with Crippen LogP contribution in [0.25, 0.3) is 0 Å². The molecule has 3 nitrogen and oxygen atoms in total. The molecule has 1 heterocycles. The Labute approximate surface area is 105 Å². The van der Waals surface area contributed by atoms with E-state index in [2.05, 4.69) is 53.6 Å². The van der Waals surface area contributed by atoms with Crippen LogP contribution in [-0.4, -0.2) is 14.9 Å². The third kappa shape index (κ3) is 2.82. The van der Waals surface area contributed by atoms with Crippen molar-refractivity contribution >= 4 is 0 Å². The molecule has 98 valence electrons. The summed E-state index contributed by atoms with van der Waals surface area (Å²) in [6, 6.07) is 0. The summed E-state index contributed by atoms with van der Waals surface area (Å²) < 4.78 is 1.75. The smallest absolute Gasteiger partial charge is 0.213 e. The summed E-state index contributed by atoms with van der Waals surface area (Å²) in [5.74, 6) is 0.337.